The van der Waals surface area contributed by atoms with Crippen molar-refractivity contribution in [1.29, 1.82) is 0 Å². The lowest BCUT2D eigenvalue weighted by Gasteiger charge is -2.20. The fourth-order valence-electron chi connectivity index (χ4n) is 3.20. The van der Waals surface area contributed by atoms with Gasteiger partial charge in [-0.3, -0.25) is 10.3 Å². The summed E-state index contributed by atoms with van der Waals surface area (Å²) in [7, 11) is 3.12. The van der Waals surface area contributed by atoms with E-state index in [1.54, 1.807) is 7.05 Å². The number of nitrogens with zero attached hydrogens (tertiary/aromatic N) is 2. The Labute approximate surface area is 188 Å². The zero-order valence-electron chi connectivity index (χ0n) is 16.7. The van der Waals surface area contributed by atoms with Crippen LogP contribution in [0.1, 0.15) is 12.0 Å². The van der Waals surface area contributed by atoms with Crippen LogP contribution in [0.3, 0.4) is 0 Å². The summed E-state index contributed by atoms with van der Waals surface area (Å²) in [4.78, 5) is 17.9. The van der Waals surface area contributed by atoms with Crippen molar-refractivity contribution >= 4 is 47.4 Å². The van der Waals surface area contributed by atoms with E-state index in [1.807, 2.05) is 30.3 Å². The molecule has 0 spiro atoms. The quantitative estimate of drug-likeness (QED) is 0.327. The fourth-order valence-corrected chi connectivity index (χ4v) is 3.20. The fraction of sp³-hybridized carbons (Fsp3) is 0.333. The Bertz CT molecular complexity index is 798. The summed E-state index contributed by atoms with van der Waals surface area (Å²) in [5, 5.41) is 9.49. The minimum Gasteiger partial charge on any atom is -0.453 e. The van der Waals surface area contributed by atoms with Crippen molar-refractivity contribution < 1.29 is 9.53 Å². The van der Waals surface area contributed by atoms with E-state index in [-0.39, 0.29) is 24.0 Å². The number of rotatable bonds is 5. The van der Waals surface area contributed by atoms with Crippen LogP contribution in [0.4, 0.5) is 16.2 Å². The summed E-state index contributed by atoms with van der Waals surface area (Å²) in [6.45, 7) is 2.64. The molecule has 156 valence electrons. The van der Waals surface area contributed by atoms with Gasteiger partial charge in [-0.25, -0.2) is 4.79 Å². The summed E-state index contributed by atoms with van der Waals surface area (Å²) >= 11 is 0. The third kappa shape index (κ3) is 6.81. The van der Waals surface area contributed by atoms with Gasteiger partial charge in [0.1, 0.15) is 0 Å². The zero-order valence-corrected chi connectivity index (χ0v) is 19.1. The predicted octanol–water partition coefficient (Wildman–Crippen LogP) is 3.43. The molecule has 1 saturated heterocycles. The summed E-state index contributed by atoms with van der Waals surface area (Å²) < 4.78 is 4.59. The number of hydrogen-bond acceptors (Lipinski definition) is 4. The van der Waals surface area contributed by atoms with E-state index in [4.69, 9.17) is 0 Å². The van der Waals surface area contributed by atoms with Crippen LogP contribution in [0.5, 0.6) is 0 Å². The highest BCUT2D eigenvalue weighted by Gasteiger charge is 2.23. The van der Waals surface area contributed by atoms with Gasteiger partial charge < -0.3 is 20.3 Å². The van der Waals surface area contributed by atoms with Crippen molar-refractivity contribution in [3.63, 3.8) is 0 Å². The second-order valence-corrected chi connectivity index (χ2v) is 6.65. The second kappa shape index (κ2) is 11.5. The molecule has 7 nitrogen and oxygen atoms in total. The van der Waals surface area contributed by atoms with Crippen molar-refractivity contribution in [3.8, 4) is 0 Å². The summed E-state index contributed by atoms with van der Waals surface area (Å²) in [6, 6.07) is 18.4. The molecule has 2 aromatic rings. The number of nitrogens with one attached hydrogen (secondary N) is 3. The molecule has 1 fully saturated rings. The number of anilines is 2. The van der Waals surface area contributed by atoms with Crippen LogP contribution in [0.25, 0.3) is 0 Å². The number of aliphatic imine (C=N–C) groups is 1. The van der Waals surface area contributed by atoms with Crippen molar-refractivity contribution in [3.05, 3.63) is 60.2 Å². The number of carbonyl (C=O) groups excluding carboxylic acids is 1. The molecule has 29 heavy (non-hydrogen) atoms. The van der Waals surface area contributed by atoms with E-state index in [0.29, 0.717) is 18.3 Å². The largest absolute Gasteiger partial charge is 0.453 e. The highest BCUT2D eigenvalue weighted by molar-refractivity contribution is 14.0. The van der Waals surface area contributed by atoms with Gasteiger partial charge in [-0.05, 0) is 36.2 Å². The van der Waals surface area contributed by atoms with Crippen LogP contribution in [-0.4, -0.2) is 45.3 Å². The molecule has 3 rings (SSSR count). The molecular weight excluding hydrogens is 481 g/mol. The number of halogens is 1. The molecule has 0 radical (unpaired) electrons. The number of ether oxygens (including phenoxy) is 1. The first-order valence-corrected chi connectivity index (χ1v) is 9.39. The number of guanidine groups is 1. The molecule has 1 aliphatic heterocycles. The minimum absolute atomic E-state index is 0. The molecule has 1 atom stereocenters. The third-order valence-electron chi connectivity index (χ3n) is 4.72. The Morgan fingerprint density at radius 3 is 2.55 bits per heavy atom. The molecule has 3 N–H and O–H groups in total. The molecule has 2 aromatic carbocycles. The maximum atomic E-state index is 11.2. The number of methoxy groups -OCH3 is 1. The molecule has 8 heteroatoms. The second-order valence-electron chi connectivity index (χ2n) is 6.65. The Balaban J connectivity index is 0.00000300. The predicted molar refractivity (Wildman–Crippen MR) is 128 cm³/mol. The maximum Gasteiger partial charge on any atom is 0.411 e. The van der Waals surface area contributed by atoms with E-state index >= 15 is 0 Å². The Kier molecular flexibility index (Phi) is 9.04. The van der Waals surface area contributed by atoms with E-state index in [2.05, 4.69) is 54.8 Å². The first kappa shape index (κ1) is 22.8. The Morgan fingerprint density at radius 2 is 1.90 bits per heavy atom. The standard InChI is InChI=1S/C21H27N5O2.HI/c1-22-20(23-14-16-8-10-17(11-9-16)25-21(27)28-2)24-18-12-13-26(15-18)19-6-4-3-5-7-19;/h3-11,18H,12-15H2,1-2H3,(H,25,27)(H2,22,23,24);1H. The SMILES string of the molecule is CN=C(NCc1ccc(NC(=O)OC)cc1)NC1CCN(c2ccccc2)C1.I. The topological polar surface area (TPSA) is 78.0 Å². The van der Waals surface area contributed by atoms with Crippen LogP contribution < -0.4 is 20.9 Å². The van der Waals surface area contributed by atoms with Gasteiger partial charge in [-0.2, -0.15) is 0 Å². The van der Waals surface area contributed by atoms with Gasteiger partial charge in [0.15, 0.2) is 5.96 Å². The van der Waals surface area contributed by atoms with Crippen LogP contribution in [0.2, 0.25) is 0 Å². The number of para-hydroxylation sites is 1. The third-order valence-corrected chi connectivity index (χ3v) is 4.72. The lowest BCUT2D eigenvalue weighted by atomic mass is 10.2. The van der Waals surface area contributed by atoms with Gasteiger partial charge >= 0.3 is 6.09 Å². The van der Waals surface area contributed by atoms with Crippen LogP contribution >= 0.6 is 24.0 Å². The van der Waals surface area contributed by atoms with Crippen LogP contribution in [-0.2, 0) is 11.3 Å². The lowest BCUT2D eigenvalue weighted by molar-refractivity contribution is 0.187. The molecule has 0 saturated carbocycles. The first-order valence-electron chi connectivity index (χ1n) is 9.39. The molecule has 1 heterocycles. The average molecular weight is 509 g/mol. The van der Waals surface area contributed by atoms with Crippen molar-refractivity contribution in [2.75, 3.05) is 37.5 Å². The molecule has 0 aliphatic carbocycles. The smallest absolute Gasteiger partial charge is 0.411 e. The van der Waals surface area contributed by atoms with Gasteiger partial charge in [-0.1, -0.05) is 30.3 Å². The van der Waals surface area contributed by atoms with E-state index < -0.39 is 6.09 Å². The van der Waals surface area contributed by atoms with Gasteiger partial charge in [0.25, 0.3) is 0 Å². The molecular formula is C21H28IN5O2. The number of carbonyl (C=O) groups is 1. The van der Waals surface area contributed by atoms with Crippen molar-refractivity contribution in [2.24, 2.45) is 4.99 Å². The molecule has 0 aromatic heterocycles. The molecule has 1 amide bonds. The van der Waals surface area contributed by atoms with Crippen LogP contribution in [0.15, 0.2) is 59.6 Å². The van der Waals surface area contributed by atoms with Crippen LogP contribution in [0, 0.1) is 0 Å². The molecule has 0 bridgehead atoms. The summed E-state index contributed by atoms with van der Waals surface area (Å²) in [5.41, 5.74) is 3.05. The van der Waals surface area contributed by atoms with Gasteiger partial charge in [0, 0.05) is 44.1 Å². The van der Waals surface area contributed by atoms with E-state index in [0.717, 1.165) is 31.0 Å². The minimum atomic E-state index is -0.475. The van der Waals surface area contributed by atoms with E-state index in [1.165, 1.54) is 12.8 Å². The average Bonchev–Trinajstić information content (AvgIpc) is 3.21. The van der Waals surface area contributed by atoms with Gasteiger partial charge in [-0.15, -0.1) is 24.0 Å². The maximum absolute atomic E-state index is 11.2. The van der Waals surface area contributed by atoms with E-state index in [9.17, 15) is 4.79 Å². The van der Waals surface area contributed by atoms with Gasteiger partial charge in [0.05, 0.1) is 7.11 Å². The van der Waals surface area contributed by atoms with Crippen molar-refractivity contribution in [1.82, 2.24) is 10.6 Å². The Morgan fingerprint density at radius 1 is 1.17 bits per heavy atom. The lowest BCUT2D eigenvalue weighted by Crippen LogP contribution is -2.44. The van der Waals surface area contributed by atoms with Gasteiger partial charge in [0.2, 0.25) is 0 Å². The Hall–Kier alpha value is -2.49. The normalized spacial score (nSPS) is 16.0. The molecule has 1 aliphatic rings. The number of benzene rings is 2. The van der Waals surface area contributed by atoms with Crippen molar-refractivity contribution in [2.45, 2.75) is 19.0 Å². The highest BCUT2D eigenvalue weighted by atomic mass is 127. The number of amides is 1. The highest BCUT2D eigenvalue weighted by Crippen LogP contribution is 2.19. The monoisotopic (exact) mass is 509 g/mol. The number of hydrogen-bond donors (Lipinski definition) is 3. The zero-order chi connectivity index (χ0) is 19.8. The molecule has 1 unspecified atom stereocenters. The summed E-state index contributed by atoms with van der Waals surface area (Å²) in [5.74, 6) is 0.789. The first-order chi connectivity index (χ1) is 13.7. The summed E-state index contributed by atoms with van der Waals surface area (Å²) in [6.07, 6.45) is 0.598.